The minimum atomic E-state index is 0. The molecule has 3 unspecified atom stereocenters. The molecule has 32 heavy (non-hydrogen) atoms. The first-order valence-corrected chi connectivity index (χ1v) is 12.3. The molecule has 1 aromatic rings. The highest BCUT2D eigenvalue weighted by Crippen LogP contribution is 2.34. The van der Waals surface area contributed by atoms with Crippen molar-refractivity contribution in [3.8, 4) is 0 Å². The summed E-state index contributed by atoms with van der Waals surface area (Å²) < 4.78 is 18.0. The smallest absolute Gasteiger partial charge is 0.193 e. The molecular formula is C25H40IN3O3. The van der Waals surface area contributed by atoms with Gasteiger partial charge < -0.3 is 24.4 Å². The summed E-state index contributed by atoms with van der Waals surface area (Å²) in [6.07, 6.45) is 7.59. The van der Waals surface area contributed by atoms with Gasteiger partial charge in [0.05, 0.1) is 24.9 Å². The lowest BCUT2D eigenvalue weighted by atomic mass is 9.95. The number of ether oxygens (including phenoxy) is 3. The number of nitrogens with zero attached hydrogens (tertiary/aromatic N) is 2. The van der Waals surface area contributed by atoms with Crippen molar-refractivity contribution in [2.45, 2.75) is 63.8 Å². The molecular weight excluding hydrogens is 517 g/mol. The molecule has 0 radical (unpaired) electrons. The van der Waals surface area contributed by atoms with E-state index < -0.39 is 0 Å². The predicted molar refractivity (Wildman–Crippen MR) is 139 cm³/mol. The van der Waals surface area contributed by atoms with Gasteiger partial charge in [-0.05, 0) is 51.0 Å². The molecule has 1 aromatic carbocycles. The summed E-state index contributed by atoms with van der Waals surface area (Å²) in [5.74, 6) is 1.47. The van der Waals surface area contributed by atoms with Crippen LogP contribution in [0.15, 0.2) is 35.3 Å². The van der Waals surface area contributed by atoms with Gasteiger partial charge in [-0.25, -0.2) is 0 Å². The largest absolute Gasteiger partial charge is 0.376 e. The molecule has 3 saturated heterocycles. The van der Waals surface area contributed by atoms with Crippen LogP contribution >= 0.6 is 24.0 Å². The second-order valence-corrected chi connectivity index (χ2v) is 8.95. The van der Waals surface area contributed by atoms with Gasteiger partial charge in [-0.2, -0.15) is 0 Å². The number of rotatable bonds is 7. The fourth-order valence-electron chi connectivity index (χ4n) is 4.88. The van der Waals surface area contributed by atoms with E-state index >= 15 is 0 Å². The maximum atomic E-state index is 6.19. The Morgan fingerprint density at radius 1 is 1.06 bits per heavy atom. The van der Waals surface area contributed by atoms with E-state index in [0.29, 0.717) is 18.1 Å². The molecule has 3 fully saturated rings. The number of hydrogen-bond donors (Lipinski definition) is 1. The Bertz CT molecular complexity index is 676. The van der Waals surface area contributed by atoms with E-state index in [4.69, 9.17) is 19.2 Å². The summed E-state index contributed by atoms with van der Waals surface area (Å²) in [6.45, 7) is 8.28. The maximum absolute atomic E-state index is 6.19. The third kappa shape index (κ3) is 7.30. The Morgan fingerprint density at radius 2 is 1.88 bits per heavy atom. The van der Waals surface area contributed by atoms with Gasteiger partial charge in [0.15, 0.2) is 5.96 Å². The lowest BCUT2D eigenvalue weighted by molar-refractivity contribution is -0.0721. The van der Waals surface area contributed by atoms with E-state index in [-0.39, 0.29) is 30.1 Å². The molecule has 0 amide bonds. The normalized spacial score (nSPS) is 27.2. The number of likely N-dealkylation sites (tertiary alicyclic amines) is 1. The van der Waals surface area contributed by atoms with Gasteiger partial charge in [0.25, 0.3) is 0 Å². The number of halogens is 1. The van der Waals surface area contributed by atoms with Crippen molar-refractivity contribution in [1.29, 1.82) is 0 Å². The van der Waals surface area contributed by atoms with Gasteiger partial charge in [-0.15, -0.1) is 24.0 Å². The summed E-state index contributed by atoms with van der Waals surface area (Å²) in [7, 11) is 0. The monoisotopic (exact) mass is 557 g/mol. The summed E-state index contributed by atoms with van der Waals surface area (Å²) in [5, 5.41) is 3.50. The Balaban J connectivity index is 0.00000289. The number of benzene rings is 1. The molecule has 0 saturated carbocycles. The van der Waals surface area contributed by atoms with Crippen molar-refractivity contribution >= 4 is 29.9 Å². The maximum Gasteiger partial charge on any atom is 0.193 e. The van der Waals surface area contributed by atoms with Crippen LogP contribution in [0.5, 0.6) is 0 Å². The van der Waals surface area contributed by atoms with Crippen LogP contribution in [0.3, 0.4) is 0 Å². The van der Waals surface area contributed by atoms with E-state index in [0.717, 1.165) is 77.6 Å². The highest BCUT2D eigenvalue weighted by Gasteiger charge is 2.30. The van der Waals surface area contributed by atoms with E-state index in [1.807, 2.05) is 0 Å². The quantitative estimate of drug-likeness (QED) is 0.306. The highest BCUT2D eigenvalue weighted by atomic mass is 127. The Hall–Kier alpha value is -0.900. The Morgan fingerprint density at radius 3 is 2.59 bits per heavy atom. The molecule has 6 nitrogen and oxygen atoms in total. The minimum Gasteiger partial charge on any atom is -0.376 e. The van der Waals surface area contributed by atoms with Crippen LogP contribution in [-0.4, -0.2) is 69.1 Å². The van der Waals surface area contributed by atoms with E-state index in [1.54, 1.807) is 0 Å². The zero-order valence-corrected chi connectivity index (χ0v) is 21.7. The summed E-state index contributed by atoms with van der Waals surface area (Å²) in [5.41, 5.74) is 1.27. The van der Waals surface area contributed by atoms with Crippen molar-refractivity contribution in [3.05, 3.63) is 35.9 Å². The SMILES string of the molecule is CCNC(=NCC1CCOC1c1ccccc1)N1CCC(OCC2CCCCO2)CC1.I. The molecule has 1 N–H and O–H groups in total. The highest BCUT2D eigenvalue weighted by molar-refractivity contribution is 14.0. The van der Waals surface area contributed by atoms with E-state index in [2.05, 4.69) is 47.5 Å². The van der Waals surface area contributed by atoms with Crippen molar-refractivity contribution in [1.82, 2.24) is 10.2 Å². The first kappa shape index (κ1) is 25.7. The molecule has 4 rings (SSSR count). The fraction of sp³-hybridized carbons (Fsp3) is 0.720. The average Bonchev–Trinajstić information content (AvgIpc) is 3.31. The first-order chi connectivity index (χ1) is 15.3. The number of hydrogen-bond acceptors (Lipinski definition) is 4. The number of nitrogens with one attached hydrogen (secondary N) is 1. The van der Waals surface area contributed by atoms with Gasteiger partial charge in [0.2, 0.25) is 0 Å². The van der Waals surface area contributed by atoms with E-state index in [9.17, 15) is 0 Å². The average molecular weight is 558 g/mol. The fourth-order valence-corrected chi connectivity index (χ4v) is 4.88. The van der Waals surface area contributed by atoms with Crippen molar-refractivity contribution < 1.29 is 14.2 Å². The number of guanidine groups is 1. The summed E-state index contributed by atoms with van der Waals surface area (Å²) >= 11 is 0. The lowest BCUT2D eigenvalue weighted by Gasteiger charge is -2.35. The van der Waals surface area contributed by atoms with Crippen LogP contribution in [0.2, 0.25) is 0 Å². The third-order valence-electron chi connectivity index (χ3n) is 6.69. The van der Waals surface area contributed by atoms with Crippen LogP contribution in [-0.2, 0) is 14.2 Å². The predicted octanol–water partition coefficient (Wildman–Crippen LogP) is 4.40. The molecule has 0 bridgehead atoms. The molecule has 180 valence electrons. The standard InChI is InChI=1S/C25H39N3O3.HI/c1-2-26-25(27-18-21-13-17-30-24(21)20-8-4-3-5-9-20)28-14-11-22(12-15-28)31-19-23-10-6-7-16-29-23;/h3-5,8-9,21-24H,2,6-7,10-19H2,1H3,(H,26,27);1H. The van der Waals surface area contributed by atoms with Crippen molar-refractivity contribution in [2.75, 3.05) is 46.0 Å². The first-order valence-electron chi connectivity index (χ1n) is 12.3. The molecule has 3 aliphatic rings. The van der Waals surface area contributed by atoms with Gasteiger partial charge in [0, 0.05) is 45.3 Å². The Labute approximate surface area is 210 Å². The number of piperidine rings is 1. The van der Waals surface area contributed by atoms with Crippen LogP contribution in [0, 0.1) is 5.92 Å². The molecule has 0 spiro atoms. The Kier molecular flexibility index (Phi) is 11.0. The van der Waals surface area contributed by atoms with Crippen LogP contribution in [0.1, 0.15) is 57.1 Å². The second-order valence-electron chi connectivity index (χ2n) is 8.95. The minimum absolute atomic E-state index is 0. The van der Waals surface area contributed by atoms with E-state index in [1.165, 1.54) is 18.4 Å². The van der Waals surface area contributed by atoms with Crippen molar-refractivity contribution in [3.63, 3.8) is 0 Å². The van der Waals surface area contributed by atoms with Gasteiger partial charge in [-0.1, -0.05) is 30.3 Å². The molecule has 3 aliphatic heterocycles. The van der Waals surface area contributed by atoms with Crippen LogP contribution in [0.4, 0.5) is 0 Å². The lowest BCUT2D eigenvalue weighted by Crippen LogP contribution is -2.47. The van der Waals surface area contributed by atoms with Gasteiger partial charge in [-0.3, -0.25) is 4.99 Å². The molecule has 3 atom stereocenters. The van der Waals surface area contributed by atoms with Gasteiger partial charge >= 0.3 is 0 Å². The van der Waals surface area contributed by atoms with Gasteiger partial charge in [0.1, 0.15) is 0 Å². The molecule has 0 aliphatic carbocycles. The third-order valence-corrected chi connectivity index (χ3v) is 6.69. The summed E-state index contributed by atoms with van der Waals surface area (Å²) in [4.78, 5) is 7.43. The number of aliphatic imine (C=N–C) groups is 1. The molecule has 3 heterocycles. The topological polar surface area (TPSA) is 55.3 Å². The van der Waals surface area contributed by atoms with Crippen LogP contribution < -0.4 is 5.32 Å². The van der Waals surface area contributed by atoms with Crippen LogP contribution in [0.25, 0.3) is 0 Å². The zero-order chi connectivity index (χ0) is 21.3. The molecule has 0 aromatic heterocycles. The zero-order valence-electron chi connectivity index (χ0n) is 19.4. The van der Waals surface area contributed by atoms with Crippen molar-refractivity contribution in [2.24, 2.45) is 10.9 Å². The second kappa shape index (κ2) is 13.7. The molecule has 7 heteroatoms. The summed E-state index contributed by atoms with van der Waals surface area (Å²) in [6, 6.07) is 10.6.